The third-order valence-electron chi connectivity index (χ3n) is 5.43. The van der Waals surface area contributed by atoms with E-state index in [4.69, 9.17) is 19.9 Å². The lowest BCUT2D eigenvalue weighted by Gasteiger charge is -2.41. The van der Waals surface area contributed by atoms with Crippen LogP contribution in [-0.2, 0) is 28.5 Å². The van der Waals surface area contributed by atoms with Crippen LogP contribution in [0.15, 0.2) is 46.9 Å². The van der Waals surface area contributed by atoms with Crippen LogP contribution < -0.4 is 10.5 Å². The van der Waals surface area contributed by atoms with E-state index < -0.39 is 23.1 Å². The summed E-state index contributed by atoms with van der Waals surface area (Å²) in [7, 11) is 0. The van der Waals surface area contributed by atoms with Gasteiger partial charge in [-0.3, -0.25) is 0 Å². The summed E-state index contributed by atoms with van der Waals surface area (Å²) in [6, 6.07) is 12.0. The molecule has 1 heterocycles. The lowest BCUT2D eigenvalue weighted by Crippen LogP contribution is -2.57. The predicted octanol–water partition coefficient (Wildman–Crippen LogP) is 5.89. The van der Waals surface area contributed by atoms with Gasteiger partial charge < -0.3 is 19.9 Å². The normalized spacial score (nSPS) is 17.8. The fourth-order valence-electron chi connectivity index (χ4n) is 3.49. The number of nitrogens with two attached hydrogens (primary N) is 1. The first kappa shape index (κ1) is 25.0. The highest BCUT2D eigenvalue weighted by atomic mass is 79.9. The second kappa shape index (κ2) is 10.1. The number of hydrogen-bond donors (Lipinski definition) is 1. The van der Waals surface area contributed by atoms with Crippen molar-refractivity contribution in [2.45, 2.75) is 57.0 Å². The van der Waals surface area contributed by atoms with E-state index in [2.05, 4.69) is 15.9 Å². The molecule has 2 aromatic carbocycles. The highest BCUT2D eigenvalue weighted by Gasteiger charge is 2.38. The van der Waals surface area contributed by atoms with Gasteiger partial charge in [-0.05, 0) is 74.9 Å². The molecule has 1 aliphatic rings. The Morgan fingerprint density at radius 2 is 1.72 bits per heavy atom. The molecule has 0 amide bonds. The first-order chi connectivity index (χ1) is 15.0. The van der Waals surface area contributed by atoms with Crippen molar-refractivity contribution in [2.75, 3.05) is 19.8 Å². The molecule has 0 aliphatic carbocycles. The standard InChI is InChI=1S/C24H29BrF3NO3/c1-22(2)31-15-23(29,16-32-22)11-10-18-8-9-21(20(14-18)24(26,27)28)30-12-4-6-17-5-3-7-19(25)13-17/h3,5,7-9,13-14H,4,6,10-12,15-16,29H2,1-2H3. The van der Waals surface area contributed by atoms with Crippen LogP contribution in [0.5, 0.6) is 5.75 Å². The topological polar surface area (TPSA) is 53.7 Å². The van der Waals surface area contributed by atoms with Crippen LogP contribution in [0.1, 0.15) is 43.4 Å². The van der Waals surface area contributed by atoms with E-state index in [1.54, 1.807) is 19.9 Å². The lowest BCUT2D eigenvalue weighted by atomic mass is 9.92. The summed E-state index contributed by atoms with van der Waals surface area (Å²) in [6.45, 7) is 4.40. The molecule has 0 radical (unpaired) electrons. The second-order valence-electron chi connectivity index (χ2n) is 8.75. The molecule has 1 fully saturated rings. The van der Waals surface area contributed by atoms with Crippen molar-refractivity contribution in [3.05, 3.63) is 63.6 Å². The van der Waals surface area contributed by atoms with Crippen LogP contribution in [0.2, 0.25) is 0 Å². The van der Waals surface area contributed by atoms with Gasteiger partial charge in [0.15, 0.2) is 5.79 Å². The molecule has 0 spiro atoms. The number of hydrogen-bond acceptors (Lipinski definition) is 4. The van der Waals surface area contributed by atoms with Gasteiger partial charge in [-0.25, -0.2) is 0 Å². The van der Waals surface area contributed by atoms with E-state index in [0.717, 1.165) is 22.5 Å². The molecule has 0 unspecified atom stereocenters. The summed E-state index contributed by atoms with van der Waals surface area (Å²) in [5.74, 6) is -0.841. The van der Waals surface area contributed by atoms with Gasteiger partial charge in [0.25, 0.3) is 0 Å². The van der Waals surface area contributed by atoms with Gasteiger partial charge in [0.05, 0.1) is 30.9 Å². The zero-order chi connectivity index (χ0) is 23.4. The molecule has 4 nitrogen and oxygen atoms in total. The monoisotopic (exact) mass is 515 g/mol. The minimum Gasteiger partial charge on any atom is -0.493 e. The van der Waals surface area contributed by atoms with Crippen LogP contribution in [-0.4, -0.2) is 31.1 Å². The van der Waals surface area contributed by atoms with Crippen LogP contribution in [0.3, 0.4) is 0 Å². The number of rotatable bonds is 8. The summed E-state index contributed by atoms with van der Waals surface area (Å²) >= 11 is 3.41. The Balaban J connectivity index is 1.59. The summed E-state index contributed by atoms with van der Waals surface area (Å²) in [5, 5.41) is 0. The molecule has 0 aromatic heterocycles. The van der Waals surface area contributed by atoms with Gasteiger partial charge in [0, 0.05) is 4.47 Å². The summed E-state index contributed by atoms with van der Waals surface area (Å²) in [5.41, 5.74) is 6.48. The molecule has 0 atom stereocenters. The number of halogens is 4. The smallest absolute Gasteiger partial charge is 0.419 e. The number of ether oxygens (including phenoxy) is 3. The summed E-state index contributed by atoms with van der Waals surface area (Å²) < 4.78 is 58.7. The maximum absolute atomic E-state index is 13.7. The third-order valence-corrected chi connectivity index (χ3v) is 5.93. The molecule has 32 heavy (non-hydrogen) atoms. The zero-order valence-corrected chi connectivity index (χ0v) is 19.9. The van der Waals surface area contributed by atoms with E-state index in [-0.39, 0.29) is 12.4 Å². The molecule has 0 saturated carbocycles. The molecule has 3 rings (SSSR count). The highest BCUT2D eigenvalue weighted by molar-refractivity contribution is 9.10. The van der Waals surface area contributed by atoms with E-state index >= 15 is 0 Å². The maximum Gasteiger partial charge on any atom is 0.419 e. The SMILES string of the molecule is CC1(C)OCC(N)(CCc2ccc(OCCCc3cccc(Br)c3)c(C(F)(F)F)c2)CO1. The third kappa shape index (κ3) is 7.20. The molecule has 1 saturated heterocycles. The molecular formula is C24H29BrF3NO3. The zero-order valence-electron chi connectivity index (χ0n) is 18.3. The van der Waals surface area contributed by atoms with E-state index in [0.29, 0.717) is 38.0 Å². The maximum atomic E-state index is 13.7. The van der Waals surface area contributed by atoms with Crippen LogP contribution in [0, 0.1) is 0 Å². The molecule has 1 aliphatic heterocycles. The second-order valence-corrected chi connectivity index (χ2v) is 9.67. The summed E-state index contributed by atoms with van der Waals surface area (Å²) in [4.78, 5) is 0. The van der Waals surface area contributed by atoms with Crippen LogP contribution in [0.4, 0.5) is 13.2 Å². The van der Waals surface area contributed by atoms with Crippen molar-refractivity contribution in [1.82, 2.24) is 0 Å². The quantitative estimate of drug-likeness (QED) is 0.445. The molecule has 176 valence electrons. The van der Waals surface area contributed by atoms with E-state index in [9.17, 15) is 13.2 Å². The van der Waals surface area contributed by atoms with Crippen molar-refractivity contribution in [3.8, 4) is 5.75 Å². The fourth-order valence-corrected chi connectivity index (χ4v) is 3.93. The van der Waals surface area contributed by atoms with Crippen molar-refractivity contribution >= 4 is 15.9 Å². The van der Waals surface area contributed by atoms with Gasteiger partial charge >= 0.3 is 6.18 Å². The van der Waals surface area contributed by atoms with Gasteiger partial charge in [0.2, 0.25) is 0 Å². The van der Waals surface area contributed by atoms with E-state index in [1.807, 2.05) is 24.3 Å². The Morgan fingerprint density at radius 1 is 1.03 bits per heavy atom. The lowest BCUT2D eigenvalue weighted by molar-refractivity contribution is -0.267. The Morgan fingerprint density at radius 3 is 2.38 bits per heavy atom. The number of alkyl halides is 3. The van der Waals surface area contributed by atoms with Crippen LogP contribution in [0.25, 0.3) is 0 Å². The minimum atomic E-state index is -4.50. The van der Waals surface area contributed by atoms with Gasteiger partial charge in [-0.2, -0.15) is 13.2 Å². The van der Waals surface area contributed by atoms with Crippen molar-refractivity contribution in [1.29, 1.82) is 0 Å². The minimum absolute atomic E-state index is 0.149. The van der Waals surface area contributed by atoms with Gasteiger partial charge in [-0.1, -0.05) is 34.1 Å². The summed E-state index contributed by atoms with van der Waals surface area (Å²) in [6.07, 6.45) is -2.33. The Bertz CT molecular complexity index is 908. The first-order valence-electron chi connectivity index (χ1n) is 10.6. The van der Waals surface area contributed by atoms with Crippen molar-refractivity contribution in [2.24, 2.45) is 5.73 Å². The average Bonchev–Trinajstić information content (AvgIpc) is 2.72. The Kier molecular flexibility index (Phi) is 7.91. The average molecular weight is 516 g/mol. The largest absolute Gasteiger partial charge is 0.493 e. The van der Waals surface area contributed by atoms with Crippen molar-refractivity contribution in [3.63, 3.8) is 0 Å². The van der Waals surface area contributed by atoms with Crippen molar-refractivity contribution < 1.29 is 27.4 Å². The van der Waals surface area contributed by atoms with Gasteiger partial charge in [0.1, 0.15) is 5.75 Å². The predicted molar refractivity (Wildman–Crippen MR) is 121 cm³/mol. The number of aryl methyl sites for hydroxylation is 2. The first-order valence-corrected chi connectivity index (χ1v) is 11.4. The van der Waals surface area contributed by atoms with E-state index in [1.165, 1.54) is 6.07 Å². The Hall–Kier alpha value is -1.61. The Labute approximate surface area is 195 Å². The molecule has 2 aromatic rings. The highest BCUT2D eigenvalue weighted by Crippen LogP contribution is 2.37. The van der Waals surface area contributed by atoms with Gasteiger partial charge in [-0.15, -0.1) is 0 Å². The van der Waals surface area contributed by atoms with Crippen LogP contribution >= 0.6 is 15.9 Å². The molecule has 0 bridgehead atoms. The fraction of sp³-hybridized carbons (Fsp3) is 0.500. The molecule has 8 heteroatoms. The molecular weight excluding hydrogens is 487 g/mol. The molecule has 2 N–H and O–H groups in total. The number of benzene rings is 2.